The first-order chi connectivity index (χ1) is 4.20. The Bertz CT molecular complexity index is 169. The van der Waals surface area contributed by atoms with Crippen molar-refractivity contribution >= 4 is 35.9 Å². The Balaban J connectivity index is 0. The van der Waals surface area contributed by atoms with Crippen LogP contribution in [0.3, 0.4) is 0 Å². The van der Waals surface area contributed by atoms with Gasteiger partial charge in [0.2, 0.25) is 0 Å². The van der Waals surface area contributed by atoms with Gasteiger partial charge in [-0.15, -0.1) is 0 Å². The van der Waals surface area contributed by atoms with Gasteiger partial charge in [0.15, 0.2) is 0 Å². The van der Waals surface area contributed by atoms with E-state index >= 15 is 0 Å². The maximum atomic E-state index is 10.5. The van der Waals surface area contributed by atoms with Crippen LogP contribution in [0.25, 0.3) is 0 Å². The molecule has 0 N–H and O–H groups in total. The molecule has 0 radical (unpaired) electrons. The number of nitrogens with zero attached hydrogens (tertiary/aromatic N) is 3. The number of carbonyl (C=O) groups is 1. The van der Waals surface area contributed by atoms with E-state index in [1.807, 2.05) is 0 Å². The van der Waals surface area contributed by atoms with Crippen LogP contribution in [0.15, 0.2) is 4.99 Å². The van der Waals surface area contributed by atoms with Gasteiger partial charge < -0.3 is 1.43 Å². The molecular weight excluding hydrogens is 188 g/mol. The number of hydrogen-bond donors (Lipinski definition) is 0. The quantitative estimate of drug-likeness (QED) is 0.333. The molecule has 0 aromatic carbocycles. The second-order valence-corrected chi connectivity index (χ2v) is 2.27. The van der Waals surface area contributed by atoms with E-state index in [-0.39, 0.29) is 37.7 Å². The van der Waals surface area contributed by atoms with Gasteiger partial charge in [0.25, 0.3) is 0 Å². The van der Waals surface area contributed by atoms with Crippen molar-refractivity contribution in [3.8, 4) is 0 Å². The SMILES string of the molecule is O=C1N=CN(Cl)CN1Cl.[H-].[Na+]. The second-order valence-electron chi connectivity index (χ2n) is 1.43. The predicted octanol–water partition coefficient (Wildman–Crippen LogP) is -1.87. The molecule has 1 aliphatic heterocycles. The van der Waals surface area contributed by atoms with E-state index in [0.29, 0.717) is 0 Å². The van der Waals surface area contributed by atoms with Crippen molar-refractivity contribution in [2.24, 2.45) is 4.99 Å². The van der Waals surface area contributed by atoms with Gasteiger partial charge in [0.1, 0.15) is 13.0 Å². The van der Waals surface area contributed by atoms with E-state index in [0.717, 1.165) is 4.42 Å². The predicted molar refractivity (Wildman–Crippen MR) is 35.3 cm³/mol. The number of carbonyl (C=O) groups excluding carboxylic acids is 1. The normalized spacial score (nSPS) is 17.2. The number of aliphatic imine (C=N–C) groups is 1. The zero-order chi connectivity index (χ0) is 6.85. The Morgan fingerprint density at radius 2 is 2.30 bits per heavy atom. The average molecular weight is 192 g/mol. The molecular formula is C3H4Cl2N3NaO. The molecule has 0 aromatic rings. The first kappa shape index (κ1) is 10.5. The van der Waals surface area contributed by atoms with Crippen LogP contribution in [0.5, 0.6) is 0 Å². The van der Waals surface area contributed by atoms with E-state index in [9.17, 15) is 4.79 Å². The van der Waals surface area contributed by atoms with Crippen LogP contribution in [0.4, 0.5) is 4.79 Å². The summed E-state index contributed by atoms with van der Waals surface area (Å²) >= 11 is 10.7. The van der Waals surface area contributed by atoms with Crippen LogP contribution in [0.2, 0.25) is 0 Å². The van der Waals surface area contributed by atoms with E-state index in [1.165, 1.54) is 10.8 Å². The Morgan fingerprint density at radius 3 is 2.70 bits per heavy atom. The Hall–Kier alpha value is 0.520. The standard InChI is InChI=1S/C3H3Cl2N3O.Na.H/c4-7-1-6-3(9)8(5)2-7;;/h1H,2H2;;/q;+1;-1. The van der Waals surface area contributed by atoms with Gasteiger partial charge in [-0.1, -0.05) is 0 Å². The van der Waals surface area contributed by atoms with Crippen molar-refractivity contribution in [1.82, 2.24) is 8.84 Å². The summed E-state index contributed by atoms with van der Waals surface area (Å²) < 4.78 is 2.06. The number of amides is 2. The summed E-state index contributed by atoms with van der Waals surface area (Å²) in [4.78, 5) is 13.8. The Labute approximate surface area is 91.8 Å². The van der Waals surface area contributed by atoms with Gasteiger partial charge in [-0.25, -0.2) is 9.21 Å². The van der Waals surface area contributed by atoms with Crippen LogP contribution < -0.4 is 29.6 Å². The molecule has 4 nitrogen and oxygen atoms in total. The molecule has 1 heterocycles. The van der Waals surface area contributed by atoms with E-state index < -0.39 is 6.03 Å². The molecule has 0 unspecified atom stereocenters. The molecule has 1 rings (SSSR count). The summed E-state index contributed by atoms with van der Waals surface area (Å²) in [5.74, 6) is 0. The first-order valence-corrected chi connectivity index (χ1v) is 2.81. The van der Waals surface area contributed by atoms with E-state index in [2.05, 4.69) is 4.99 Å². The summed E-state index contributed by atoms with van der Waals surface area (Å²) in [6, 6.07) is -0.492. The fourth-order valence-corrected chi connectivity index (χ4v) is 0.754. The van der Waals surface area contributed by atoms with Crippen LogP contribution in [0, 0.1) is 0 Å². The zero-order valence-electron chi connectivity index (χ0n) is 6.29. The van der Waals surface area contributed by atoms with Crippen molar-refractivity contribution in [3.05, 3.63) is 0 Å². The average Bonchev–Trinajstić information content (AvgIpc) is 1.80. The summed E-state index contributed by atoms with van der Waals surface area (Å²) in [5.41, 5.74) is 0. The minimum atomic E-state index is -0.492. The third-order valence-electron chi connectivity index (χ3n) is 0.760. The second kappa shape index (κ2) is 4.41. The smallest absolute Gasteiger partial charge is 1.00 e. The van der Waals surface area contributed by atoms with Gasteiger partial charge >= 0.3 is 35.6 Å². The fraction of sp³-hybridized carbons (Fsp3) is 0.333. The largest absolute Gasteiger partial charge is 1.00 e. The molecule has 0 atom stereocenters. The van der Waals surface area contributed by atoms with Crippen molar-refractivity contribution < 1.29 is 35.8 Å². The van der Waals surface area contributed by atoms with Crippen LogP contribution in [-0.2, 0) is 0 Å². The summed E-state index contributed by atoms with van der Waals surface area (Å²) in [6.07, 6.45) is 1.21. The monoisotopic (exact) mass is 191 g/mol. The first-order valence-electron chi connectivity index (χ1n) is 2.14. The molecule has 0 saturated carbocycles. The number of halogens is 2. The molecule has 0 spiro atoms. The third kappa shape index (κ3) is 2.64. The van der Waals surface area contributed by atoms with Crippen molar-refractivity contribution in [2.45, 2.75) is 0 Å². The maximum absolute atomic E-state index is 10.5. The van der Waals surface area contributed by atoms with Gasteiger partial charge in [0, 0.05) is 23.6 Å². The Morgan fingerprint density at radius 1 is 1.70 bits per heavy atom. The molecule has 1 aliphatic rings. The number of urea groups is 1. The van der Waals surface area contributed by atoms with Gasteiger partial charge in [0.05, 0.1) is 0 Å². The molecule has 0 fully saturated rings. The molecule has 7 heteroatoms. The molecule has 2 amide bonds. The van der Waals surface area contributed by atoms with Gasteiger partial charge in [-0.05, 0) is 0 Å². The Kier molecular flexibility index (Phi) is 4.64. The molecule has 0 aliphatic carbocycles. The van der Waals surface area contributed by atoms with Crippen LogP contribution in [-0.4, -0.2) is 27.9 Å². The molecule has 0 aromatic heterocycles. The van der Waals surface area contributed by atoms with E-state index in [4.69, 9.17) is 23.6 Å². The number of rotatable bonds is 0. The molecule has 52 valence electrons. The number of hydrogen-bond acceptors (Lipinski definition) is 2. The minimum absolute atomic E-state index is 0. The van der Waals surface area contributed by atoms with Crippen LogP contribution >= 0.6 is 23.6 Å². The summed E-state index contributed by atoms with van der Waals surface area (Å²) in [7, 11) is 0. The van der Waals surface area contributed by atoms with Gasteiger partial charge in [-0.2, -0.15) is 4.99 Å². The topological polar surface area (TPSA) is 35.9 Å². The fourth-order valence-electron chi connectivity index (χ4n) is 0.390. The molecule has 10 heavy (non-hydrogen) atoms. The summed E-state index contributed by atoms with van der Waals surface area (Å²) in [6.45, 7) is 0.158. The van der Waals surface area contributed by atoms with Crippen molar-refractivity contribution in [2.75, 3.05) is 6.67 Å². The van der Waals surface area contributed by atoms with Crippen LogP contribution in [0.1, 0.15) is 1.43 Å². The minimum Gasteiger partial charge on any atom is -1.00 e. The van der Waals surface area contributed by atoms with Crippen molar-refractivity contribution in [1.29, 1.82) is 0 Å². The molecule has 0 bridgehead atoms. The third-order valence-corrected chi connectivity index (χ3v) is 1.21. The van der Waals surface area contributed by atoms with Crippen molar-refractivity contribution in [3.63, 3.8) is 0 Å². The van der Waals surface area contributed by atoms with Gasteiger partial charge in [-0.3, -0.25) is 4.42 Å². The van der Waals surface area contributed by atoms with E-state index in [1.54, 1.807) is 0 Å². The maximum Gasteiger partial charge on any atom is 1.00 e. The zero-order valence-corrected chi connectivity index (χ0v) is 8.80. The summed E-state index contributed by atoms with van der Waals surface area (Å²) in [5, 5.41) is 0. The molecule has 0 saturated heterocycles.